The Balaban J connectivity index is 2.34. The van der Waals surface area contributed by atoms with E-state index < -0.39 is 0 Å². The van der Waals surface area contributed by atoms with Crippen LogP contribution in [0.4, 0.5) is 0 Å². The second kappa shape index (κ2) is 4.20. The van der Waals surface area contributed by atoms with Crippen molar-refractivity contribution in [3.05, 3.63) is 28.7 Å². The van der Waals surface area contributed by atoms with E-state index in [1.807, 2.05) is 13.8 Å². The van der Waals surface area contributed by atoms with E-state index in [4.69, 9.17) is 16.0 Å². The van der Waals surface area contributed by atoms with Crippen molar-refractivity contribution in [3.63, 3.8) is 0 Å². The van der Waals surface area contributed by atoms with Gasteiger partial charge in [-0.25, -0.2) is 4.98 Å². The lowest BCUT2D eigenvalue weighted by Gasteiger charge is -2.04. The lowest BCUT2D eigenvalue weighted by Crippen LogP contribution is -1.95. The van der Waals surface area contributed by atoms with Crippen molar-refractivity contribution in [2.75, 3.05) is 0 Å². The van der Waals surface area contributed by atoms with E-state index in [2.05, 4.69) is 15.2 Å². The maximum atomic E-state index is 5.85. The smallest absolute Gasteiger partial charge is 0.262 e. The van der Waals surface area contributed by atoms with Crippen LogP contribution in [0.25, 0.3) is 0 Å². The second-order valence-electron chi connectivity index (χ2n) is 2.95. The van der Waals surface area contributed by atoms with Crippen LogP contribution in [-0.2, 0) is 0 Å². The van der Waals surface area contributed by atoms with Crippen LogP contribution in [0.2, 0.25) is 5.15 Å². The molecule has 0 aliphatic carbocycles. The topological polar surface area (TPSA) is 51.8 Å². The number of hydrogen-bond donors (Lipinski definition) is 0. The molecule has 2 aromatic rings. The molecule has 4 nitrogen and oxygen atoms in total. The van der Waals surface area contributed by atoms with E-state index in [0.29, 0.717) is 10.4 Å². The molecule has 0 atom stereocenters. The van der Waals surface area contributed by atoms with Gasteiger partial charge in [0.25, 0.3) is 5.22 Å². The zero-order valence-corrected chi connectivity index (χ0v) is 9.76. The van der Waals surface area contributed by atoms with Gasteiger partial charge in [0.05, 0.1) is 6.20 Å². The molecular weight excluding hydrogens is 234 g/mol. The van der Waals surface area contributed by atoms with E-state index in [0.717, 1.165) is 16.2 Å². The van der Waals surface area contributed by atoms with Crippen LogP contribution in [-0.4, -0.2) is 15.2 Å². The van der Waals surface area contributed by atoms with Crippen molar-refractivity contribution >= 4 is 23.4 Å². The third-order valence-electron chi connectivity index (χ3n) is 2.02. The summed E-state index contributed by atoms with van der Waals surface area (Å²) in [6.07, 6.45) is 3.11. The predicted octanol–water partition coefficient (Wildman–Crippen LogP) is 2.89. The highest BCUT2D eigenvalue weighted by Gasteiger charge is 2.11. The fraction of sp³-hybridized carbons (Fsp3) is 0.222. The summed E-state index contributed by atoms with van der Waals surface area (Å²) >= 11 is 7.18. The molecule has 6 heteroatoms. The Bertz CT molecular complexity index is 472. The third kappa shape index (κ3) is 2.13. The van der Waals surface area contributed by atoms with Gasteiger partial charge >= 0.3 is 0 Å². The quantitative estimate of drug-likeness (QED) is 0.809. The van der Waals surface area contributed by atoms with Crippen molar-refractivity contribution in [1.82, 2.24) is 15.2 Å². The van der Waals surface area contributed by atoms with E-state index in [-0.39, 0.29) is 0 Å². The first-order valence-corrected chi connectivity index (χ1v) is 5.44. The van der Waals surface area contributed by atoms with Crippen LogP contribution in [0.15, 0.2) is 27.1 Å². The number of hydrogen-bond acceptors (Lipinski definition) is 5. The second-order valence-corrected chi connectivity index (χ2v) is 4.24. The van der Waals surface area contributed by atoms with Crippen molar-refractivity contribution in [1.29, 1.82) is 0 Å². The van der Waals surface area contributed by atoms with Gasteiger partial charge in [0.1, 0.15) is 11.3 Å². The van der Waals surface area contributed by atoms with Gasteiger partial charge in [-0.05, 0) is 36.7 Å². The summed E-state index contributed by atoms with van der Waals surface area (Å²) in [5.74, 6) is 0. The van der Waals surface area contributed by atoms with Crippen molar-refractivity contribution in [3.8, 4) is 0 Å². The molecule has 0 bridgehead atoms. The third-order valence-corrected chi connectivity index (χ3v) is 3.33. The van der Waals surface area contributed by atoms with E-state index >= 15 is 0 Å². The van der Waals surface area contributed by atoms with E-state index in [1.54, 1.807) is 6.20 Å². The molecule has 2 heterocycles. The van der Waals surface area contributed by atoms with Gasteiger partial charge < -0.3 is 4.42 Å². The fourth-order valence-electron chi connectivity index (χ4n) is 0.995. The van der Waals surface area contributed by atoms with Gasteiger partial charge in [0.2, 0.25) is 0 Å². The van der Waals surface area contributed by atoms with Crippen LogP contribution < -0.4 is 0 Å². The largest absolute Gasteiger partial charge is 0.440 e. The Morgan fingerprint density at radius 2 is 2.07 bits per heavy atom. The number of halogens is 1. The molecule has 0 unspecified atom stereocenters. The van der Waals surface area contributed by atoms with Gasteiger partial charge in [-0.1, -0.05) is 11.6 Å². The van der Waals surface area contributed by atoms with E-state index in [1.165, 1.54) is 18.0 Å². The van der Waals surface area contributed by atoms with Gasteiger partial charge in [-0.2, -0.15) is 0 Å². The molecule has 0 radical (unpaired) electrons. The molecule has 0 aliphatic rings. The number of oxazole rings is 1. The summed E-state index contributed by atoms with van der Waals surface area (Å²) in [7, 11) is 0. The molecule has 0 aliphatic heterocycles. The van der Waals surface area contributed by atoms with Crippen LogP contribution in [0.3, 0.4) is 0 Å². The van der Waals surface area contributed by atoms with Crippen LogP contribution in [0.1, 0.15) is 11.1 Å². The monoisotopic (exact) mass is 241 g/mol. The van der Waals surface area contributed by atoms with E-state index in [9.17, 15) is 0 Å². The molecule has 0 N–H and O–H groups in total. The summed E-state index contributed by atoms with van der Waals surface area (Å²) in [4.78, 5) is 4.00. The molecule has 78 valence electrons. The molecule has 0 amide bonds. The highest BCUT2D eigenvalue weighted by Crippen LogP contribution is 2.29. The minimum absolute atomic E-state index is 0.434. The summed E-state index contributed by atoms with van der Waals surface area (Å²) in [5, 5.41) is 9.59. The highest BCUT2D eigenvalue weighted by molar-refractivity contribution is 7.99. The van der Waals surface area contributed by atoms with Gasteiger partial charge in [-0.3, -0.25) is 0 Å². The average molecular weight is 242 g/mol. The first-order chi connectivity index (χ1) is 7.18. The van der Waals surface area contributed by atoms with Crippen molar-refractivity contribution in [2.45, 2.75) is 24.1 Å². The van der Waals surface area contributed by atoms with Crippen LogP contribution >= 0.6 is 23.4 Å². The van der Waals surface area contributed by atoms with Crippen LogP contribution in [0.5, 0.6) is 0 Å². The molecule has 2 aromatic heterocycles. The zero-order chi connectivity index (χ0) is 10.8. The molecule has 0 fully saturated rings. The summed E-state index contributed by atoms with van der Waals surface area (Å²) in [5.41, 5.74) is 1.93. The summed E-state index contributed by atoms with van der Waals surface area (Å²) in [6.45, 7) is 3.85. The SMILES string of the molecule is Cc1c(Cl)nnc(Sc2ncco2)c1C. The Kier molecular flexibility index (Phi) is 2.93. The van der Waals surface area contributed by atoms with Gasteiger partial charge in [-0.15, -0.1) is 10.2 Å². The first-order valence-electron chi connectivity index (χ1n) is 4.25. The average Bonchev–Trinajstić information content (AvgIpc) is 2.72. The van der Waals surface area contributed by atoms with Crippen molar-refractivity contribution in [2.24, 2.45) is 0 Å². The molecule has 0 saturated carbocycles. The lowest BCUT2D eigenvalue weighted by molar-refractivity contribution is 0.453. The number of rotatable bonds is 2. The number of nitrogens with zero attached hydrogens (tertiary/aromatic N) is 3. The molecule has 15 heavy (non-hydrogen) atoms. The van der Waals surface area contributed by atoms with Crippen LogP contribution in [0, 0.1) is 13.8 Å². The number of aromatic nitrogens is 3. The summed E-state index contributed by atoms with van der Waals surface area (Å²) < 4.78 is 5.11. The predicted molar refractivity (Wildman–Crippen MR) is 57.1 cm³/mol. The standard InChI is InChI=1S/C9H8ClN3OS/c1-5-6(2)8(13-12-7(5)10)15-9-11-3-4-14-9/h3-4H,1-2H3. The van der Waals surface area contributed by atoms with Gasteiger partial charge in [0, 0.05) is 0 Å². The minimum Gasteiger partial charge on any atom is -0.440 e. The molecular formula is C9H8ClN3OS. The molecule has 0 saturated heterocycles. The zero-order valence-electron chi connectivity index (χ0n) is 8.19. The summed E-state index contributed by atoms with van der Waals surface area (Å²) in [6, 6.07) is 0. The van der Waals surface area contributed by atoms with Gasteiger partial charge in [0.15, 0.2) is 5.15 Å². The normalized spacial score (nSPS) is 10.6. The van der Waals surface area contributed by atoms with Crippen molar-refractivity contribution < 1.29 is 4.42 Å². The Morgan fingerprint density at radius 3 is 2.73 bits per heavy atom. The molecule has 0 aromatic carbocycles. The Labute approximate surface area is 96.1 Å². The molecule has 0 spiro atoms. The first kappa shape index (κ1) is 10.4. The minimum atomic E-state index is 0.434. The Morgan fingerprint density at radius 1 is 1.27 bits per heavy atom. The fourth-order valence-corrected chi connectivity index (χ4v) is 1.94. The lowest BCUT2D eigenvalue weighted by atomic mass is 10.2. The molecule has 2 rings (SSSR count). The maximum absolute atomic E-state index is 5.85. The Hall–Kier alpha value is -1.07. The highest BCUT2D eigenvalue weighted by atomic mass is 35.5. The maximum Gasteiger partial charge on any atom is 0.262 e.